The van der Waals surface area contributed by atoms with Gasteiger partial charge in [0.25, 0.3) is 0 Å². The smallest absolute Gasteiger partial charge is 0.207 e. The molecule has 0 bridgehead atoms. The van der Waals surface area contributed by atoms with E-state index in [1.165, 1.54) is 23.5 Å². The van der Waals surface area contributed by atoms with Crippen LogP contribution in [0.15, 0.2) is 45.1 Å². The molecular weight excluding hydrogens is 358 g/mol. The summed E-state index contributed by atoms with van der Waals surface area (Å²) < 4.78 is 27.5. The fraction of sp³-hybridized carbons (Fsp3) is 0.0909. The predicted molar refractivity (Wildman–Crippen MR) is 77.5 cm³/mol. The maximum atomic E-state index is 12.0. The number of hydrogen-bond acceptors (Lipinski definition) is 3. The van der Waals surface area contributed by atoms with Gasteiger partial charge in [0.05, 0.1) is 4.90 Å². The molecule has 7 heteroatoms. The van der Waals surface area contributed by atoms with Crippen molar-refractivity contribution in [2.45, 2.75) is 11.4 Å². The van der Waals surface area contributed by atoms with E-state index in [-0.39, 0.29) is 11.4 Å². The summed E-state index contributed by atoms with van der Waals surface area (Å²) in [6, 6.07) is 8.06. The second kappa shape index (κ2) is 5.71. The molecule has 1 heterocycles. The lowest BCUT2D eigenvalue weighted by atomic mass is 10.4. The molecule has 0 aliphatic rings. The molecule has 0 saturated heterocycles. The first-order valence-corrected chi connectivity index (χ1v) is 8.49. The van der Waals surface area contributed by atoms with Crippen molar-refractivity contribution in [3.63, 3.8) is 0 Å². The molecule has 1 aromatic heterocycles. The number of halogens is 2. The standard InChI is InChI=1S/C11H9BrClNO2S2/c12-8-4-10(17-7-8)6-14-18(15,16)11-3-1-2-9(13)5-11/h1-5,7,14H,6H2. The number of benzene rings is 1. The Bertz CT molecular complexity index is 655. The van der Waals surface area contributed by atoms with E-state index >= 15 is 0 Å². The third kappa shape index (κ3) is 3.55. The molecule has 3 nitrogen and oxygen atoms in total. The highest BCUT2D eigenvalue weighted by atomic mass is 79.9. The lowest BCUT2D eigenvalue weighted by Crippen LogP contribution is -2.22. The molecule has 0 saturated carbocycles. The van der Waals surface area contributed by atoms with Crippen molar-refractivity contribution in [1.82, 2.24) is 4.72 Å². The molecule has 0 spiro atoms. The van der Waals surface area contributed by atoms with Gasteiger partial charge in [-0.3, -0.25) is 0 Å². The number of rotatable bonds is 4. The zero-order valence-corrected chi connectivity index (χ0v) is 13.0. The second-order valence-corrected chi connectivity index (χ2v) is 7.63. The third-order valence-electron chi connectivity index (χ3n) is 2.16. The zero-order valence-electron chi connectivity index (χ0n) is 9.06. The van der Waals surface area contributed by atoms with Crippen molar-refractivity contribution in [3.05, 3.63) is 50.1 Å². The van der Waals surface area contributed by atoms with Crippen molar-refractivity contribution < 1.29 is 8.42 Å². The molecule has 0 unspecified atom stereocenters. The van der Waals surface area contributed by atoms with Gasteiger partial charge in [-0.25, -0.2) is 13.1 Å². The molecule has 0 atom stereocenters. The van der Waals surface area contributed by atoms with Gasteiger partial charge in [0.1, 0.15) is 0 Å². The number of nitrogens with one attached hydrogen (secondary N) is 1. The topological polar surface area (TPSA) is 46.2 Å². The Morgan fingerprint density at radius 2 is 2.11 bits per heavy atom. The molecule has 0 radical (unpaired) electrons. The quantitative estimate of drug-likeness (QED) is 0.898. The van der Waals surface area contributed by atoms with E-state index in [1.807, 2.05) is 11.4 Å². The van der Waals surface area contributed by atoms with E-state index in [1.54, 1.807) is 12.1 Å². The van der Waals surface area contributed by atoms with Crippen LogP contribution in [-0.4, -0.2) is 8.42 Å². The fourth-order valence-electron chi connectivity index (χ4n) is 1.33. The van der Waals surface area contributed by atoms with Crippen molar-refractivity contribution in [3.8, 4) is 0 Å². The Kier molecular flexibility index (Phi) is 4.45. The summed E-state index contributed by atoms with van der Waals surface area (Å²) in [5.41, 5.74) is 0. The average Bonchev–Trinajstić information content (AvgIpc) is 2.73. The van der Waals surface area contributed by atoms with Crippen molar-refractivity contribution >= 4 is 48.9 Å². The highest BCUT2D eigenvalue weighted by Crippen LogP contribution is 2.20. The summed E-state index contributed by atoms with van der Waals surface area (Å²) >= 11 is 10.6. The first-order valence-electron chi connectivity index (χ1n) is 4.95. The Labute approximate surface area is 123 Å². The van der Waals surface area contributed by atoms with Crippen LogP contribution >= 0.6 is 38.9 Å². The zero-order chi connectivity index (χ0) is 13.2. The average molecular weight is 367 g/mol. The Morgan fingerprint density at radius 1 is 1.33 bits per heavy atom. The molecular formula is C11H9BrClNO2S2. The summed E-state index contributed by atoms with van der Waals surface area (Å²) in [6.07, 6.45) is 0. The Balaban J connectivity index is 2.13. The van der Waals surface area contributed by atoms with Crippen LogP contribution in [0.3, 0.4) is 0 Å². The summed E-state index contributed by atoms with van der Waals surface area (Å²) in [6.45, 7) is 0.269. The van der Waals surface area contributed by atoms with Crippen molar-refractivity contribution in [2.75, 3.05) is 0 Å². The van der Waals surface area contributed by atoms with Crippen LogP contribution in [0.1, 0.15) is 4.88 Å². The SMILES string of the molecule is O=S(=O)(NCc1cc(Br)cs1)c1cccc(Cl)c1. The maximum absolute atomic E-state index is 12.0. The molecule has 0 aliphatic carbocycles. The number of sulfonamides is 1. The van der Waals surface area contributed by atoms with E-state index in [2.05, 4.69) is 20.7 Å². The van der Waals surface area contributed by atoms with E-state index in [0.717, 1.165) is 9.35 Å². The van der Waals surface area contributed by atoms with E-state index in [4.69, 9.17) is 11.6 Å². The minimum atomic E-state index is -3.51. The second-order valence-electron chi connectivity index (χ2n) is 3.51. The highest BCUT2D eigenvalue weighted by molar-refractivity contribution is 9.10. The van der Waals surface area contributed by atoms with Crippen molar-refractivity contribution in [1.29, 1.82) is 0 Å². The monoisotopic (exact) mass is 365 g/mol. The number of thiophene rings is 1. The largest absolute Gasteiger partial charge is 0.240 e. The van der Waals surface area contributed by atoms with Crippen LogP contribution in [0.25, 0.3) is 0 Å². The normalized spacial score (nSPS) is 11.7. The van der Waals surface area contributed by atoms with E-state index in [0.29, 0.717) is 5.02 Å². The van der Waals surface area contributed by atoms with Gasteiger partial charge in [-0.05, 0) is 40.2 Å². The maximum Gasteiger partial charge on any atom is 0.240 e. The summed E-state index contributed by atoms with van der Waals surface area (Å²) in [5.74, 6) is 0. The van der Waals surface area contributed by atoms with E-state index in [9.17, 15) is 8.42 Å². The molecule has 0 aliphatic heterocycles. The molecule has 0 amide bonds. The molecule has 1 aromatic carbocycles. The van der Waals surface area contributed by atoms with Crippen LogP contribution in [-0.2, 0) is 16.6 Å². The minimum Gasteiger partial charge on any atom is -0.207 e. The van der Waals surface area contributed by atoms with Crippen molar-refractivity contribution in [2.24, 2.45) is 0 Å². The van der Waals surface area contributed by atoms with Crippen LogP contribution in [0, 0.1) is 0 Å². The molecule has 96 valence electrons. The minimum absolute atomic E-state index is 0.172. The van der Waals surface area contributed by atoms with Gasteiger partial charge in [0.15, 0.2) is 0 Å². The summed E-state index contributed by atoms with van der Waals surface area (Å²) in [5, 5.41) is 2.31. The first-order chi connectivity index (χ1) is 8.47. The van der Waals surface area contributed by atoms with Gasteiger partial charge in [0.2, 0.25) is 10.0 Å². The fourth-order valence-corrected chi connectivity index (χ4v) is 4.12. The van der Waals surface area contributed by atoms with Crippen LogP contribution in [0.5, 0.6) is 0 Å². The van der Waals surface area contributed by atoms with Crippen LogP contribution in [0.4, 0.5) is 0 Å². The number of hydrogen-bond donors (Lipinski definition) is 1. The van der Waals surface area contributed by atoms with E-state index < -0.39 is 10.0 Å². The van der Waals surface area contributed by atoms with Gasteiger partial charge in [-0.15, -0.1) is 11.3 Å². The Hall–Kier alpha value is -0.400. The molecule has 2 aromatic rings. The molecule has 18 heavy (non-hydrogen) atoms. The molecule has 1 N–H and O–H groups in total. The van der Waals surface area contributed by atoms with Crippen LogP contribution < -0.4 is 4.72 Å². The Morgan fingerprint density at radius 3 is 2.72 bits per heavy atom. The predicted octanol–water partition coefficient (Wildman–Crippen LogP) is 3.64. The third-order valence-corrected chi connectivity index (χ3v) is 5.50. The lowest BCUT2D eigenvalue weighted by Gasteiger charge is -2.05. The van der Waals surface area contributed by atoms with Gasteiger partial charge in [-0.1, -0.05) is 17.7 Å². The molecule has 2 rings (SSSR count). The lowest BCUT2D eigenvalue weighted by molar-refractivity contribution is 0.582. The molecule has 0 fully saturated rings. The summed E-state index contributed by atoms with van der Waals surface area (Å²) in [7, 11) is -3.51. The van der Waals surface area contributed by atoms with Gasteiger partial charge in [0, 0.05) is 26.3 Å². The van der Waals surface area contributed by atoms with Gasteiger partial charge in [-0.2, -0.15) is 0 Å². The van der Waals surface area contributed by atoms with Gasteiger partial charge >= 0.3 is 0 Å². The highest BCUT2D eigenvalue weighted by Gasteiger charge is 2.14. The first kappa shape index (κ1) is 14.0. The van der Waals surface area contributed by atoms with Gasteiger partial charge < -0.3 is 0 Å². The summed E-state index contributed by atoms with van der Waals surface area (Å²) in [4.78, 5) is 1.11. The van der Waals surface area contributed by atoms with Crippen LogP contribution in [0.2, 0.25) is 5.02 Å².